The first-order valence-electron chi connectivity index (χ1n) is 8.18. The Morgan fingerprint density at radius 1 is 1.04 bits per heavy atom. The number of aryl methyl sites for hydroxylation is 1. The molecule has 2 aromatic carbocycles. The number of benzene rings is 2. The van der Waals surface area contributed by atoms with E-state index in [0.717, 1.165) is 28.7 Å². The topological polar surface area (TPSA) is 71.1 Å². The monoisotopic (exact) mass is 355 g/mol. The molecule has 1 aromatic heterocycles. The number of anilines is 1. The normalized spacial score (nSPS) is 11.6. The van der Waals surface area contributed by atoms with Crippen molar-refractivity contribution in [2.45, 2.75) is 25.3 Å². The molecule has 0 aliphatic heterocycles. The number of sulfonamides is 1. The average Bonchev–Trinajstić information content (AvgIpc) is 2.60. The Morgan fingerprint density at radius 3 is 2.48 bits per heavy atom. The molecule has 0 radical (unpaired) electrons. The fourth-order valence-corrected chi connectivity index (χ4v) is 3.65. The highest BCUT2D eigenvalue weighted by Gasteiger charge is 2.16. The van der Waals surface area contributed by atoms with Crippen LogP contribution in [0.2, 0.25) is 0 Å². The Balaban J connectivity index is 2.03. The van der Waals surface area contributed by atoms with Crippen LogP contribution in [0.3, 0.4) is 0 Å². The number of hydrogen-bond acceptors (Lipinski definition) is 4. The minimum absolute atomic E-state index is 0.243. The number of rotatable bonds is 6. The van der Waals surface area contributed by atoms with Gasteiger partial charge in [-0.1, -0.05) is 42.8 Å². The van der Waals surface area contributed by atoms with Crippen LogP contribution in [-0.4, -0.2) is 19.9 Å². The molecule has 0 bridgehead atoms. The Bertz CT molecular complexity index is 983. The highest BCUT2D eigenvalue weighted by Crippen LogP contribution is 2.26. The molecule has 0 saturated carbocycles. The van der Waals surface area contributed by atoms with Crippen molar-refractivity contribution in [1.82, 2.24) is 10.3 Å². The fourth-order valence-electron chi connectivity index (χ4n) is 2.58. The summed E-state index contributed by atoms with van der Waals surface area (Å²) in [6.45, 7) is 5.34. The molecule has 2 N–H and O–H groups in total. The molecule has 0 amide bonds. The molecule has 0 spiro atoms. The van der Waals surface area contributed by atoms with Crippen LogP contribution in [0.15, 0.2) is 59.5 Å². The Labute approximate surface area is 148 Å². The molecular weight excluding hydrogens is 334 g/mol. The molecule has 0 aliphatic rings. The number of nitrogens with one attached hydrogen (secondary N) is 2. The minimum atomic E-state index is -3.66. The maximum absolute atomic E-state index is 12.7. The molecule has 0 fully saturated rings. The molecule has 25 heavy (non-hydrogen) atoms. The second-order valence-electron chi connectivity index (χ2n) is 5.88. The summed E-state index contributed by atoms with van der Waals surface area (Å²) in [6.07, 6.45) is 0. The van der Waals surface area contributed by atoms with Gasteiger partial charge in [0.1, 0.15) is 0 Å². The molecule has 1 heterocycles. The molecule has 0 saturated heterocycles. The number of pyridine rings is 1. The summed E-state index contributed by atoms with van der Waals surface area (Å²) in [5, 5.41) is 3.99. The quantitative estimate of drug-likeness (QED) is 0.710. The van der Waals surface area contributed by atoms with Gasteiger partial charge in [-0.05, 0) is 37.7 Å². The van der Waals surface area contributed by atoms with E-state index in [4.69, 9.17) is 0 Å². The molecular formula is C19H21N3O2S. The molecule has 3 aromatic rings. The predicted molar refractivity (Wildman–Crippen MR) is 101 cm³/mol. The fraction of sp³-hybridized carbons (Fsp3) is 0.211. The van der Waals surface area contributed by atoms with E-state index in [2.05, 4.69) is 15.0 Å². The van der Waals surface area contributed by atoms with Gasteiger partial charge in [-0.3, -0.25) is 9.71 Å². The summed E-state index contributed by atoms with van der Waals surface area (Å²) in [6, 6.07) is 16.1. The van der Waals surface area contributed by atoms with E-state index in [9.17, 15) is 8.42 Å². The van der Waals surface area contributed by atoms with Crippen LogP contribution in [0.4, 0.5) is 5.69 Å². The van der Waals surface area contributed by atoms with Gasteiger partial charge in [0.15, 0.2) is 0 Å². The molecule has 6 heteroatoms. The zero-order chi connectivity index (χ0) is 17.9. The molecule has 3 rings (SSSR count). The third-order valence-electron chi connectivity index (χ3n) is 3.90. The van der Waals surface area contributed by atoms with Crippen LogP contribution in [0, 0.1) is 6.92 Å². The van der Waals surface area contributed by atoms with Crippen LogP contribution in [0.1, 0.15) is 18.2 Å². The smallest absolute Gasteiger partial charge is 0.261 e. The lowest BCUT2D eigenvalue weighted by Crippen LogP contribution is -2.16. The van der Waals surface area contributed by atoms with Crippen LogP contribution >= 0.6 is 0 Å². The Morgan fingerprint density at radius 2 is 1.76 bits per heavy atom. The Kier molecular flexibility index (Phi) is 5.01. The molecule has 5 nitrogen and oxygen atoms in total. The van der Waals surface area contributed by atoms with Crippen molar-refractivity contribution >= 4 is 26.6 Å². The summed E-state index contributed by atoms with van der Waals surface area (Å²) in [5.74, 6) is 0. The van der Waals surface area contributed by atoms with Gasteiger partial charge in [0.2, 0.25) is 0 Å². The van der Waals surface area contributed by atoms with E-state index in [0.29, 0.717) is 12.2 Å². The van der Waals surface area contributed by atoms with Crippen LogP contribution in [0.5, 0.6) is 0 Å². The third kappa shape index (κ3) is 3.97. The van der Waals surface area contributed by atoms with Gasteiger partial charge in [0.25, 0.3) is 10.0 Å². The number of aromatic nitrogens is 1. The number of para-hydroxylation sites is 1. The van der Waals surface area contributed by atoms with Gasteiger partial charge in [0, 0.05) is 11.9 Å². The van der Waals surface area contributed by atoms with E-state index in [1.807, 2.05) is 38.1 Å². The van der Waals surface area contributed by atoms with Gasteiger partial charge in [0.05, 0.1) is 21.8 Å². The summed E-state index contributed by atoms with van der Waals surface area (Å²) >= 11 is 0. The molecule has 130 valence electrons. The van der Waals surface area contributed by atoms with Gasteiger partial charge in [-0.2, -0.15) is 0 Å². The summed E-state index contributed by atoms with van der Waals surface area (Å²) in [5.41, 5.74) is 3.11. The number of fused-ring (bicyclic) bond motifs is 1. The van der Waals surface area contributed by atoms with E-state index in [1.54, 1.807) is 30.3 Å². The van der Waals surface area contributed by atoms with E-state index in [-0.39, 0.29) is 4.90 Å². The summed E-state index contributed by atoms with van der Waals surface area (Å²) < 4.78 is 28.2. The van der Waals surface area contributed by atoms with Crippen molar-refractivity contribution in [1.29, 1.82) is 0 Å². The van der Waals surface area contributed by atoms with Crippen molar-refractivity contribution in [3.63, 3.8) is 0 Å². The van der Waals surface area contributed by atoms with E-state index >= 15 is 0 Å². The average molecular weight is 355 g/mol. The molecule has 0 unspecified atom stereocenters. The predicted octanol–water partition coefficient (Wildman–Crippen LogP) is 3.45. The maximum Gasteiger partial charge on any atom is 0.261 e. The lowest BCUT2D eigenvalue weighted by atomic mass is 10.1. The van der Waals surface area contributed by atoms with Crippen molar-refractivity contribution in [3.05, 3.63) is 65.9 Å². The molecule has 0 atom stereocenters. The van der Waals surface area contributed by atoms with Crippen LogP contribution < -0.4 is 10.0 Å². The zero-order valence-corrected chi connectivity index (χ0v) is 15.1. The first-order valence-corrected chi connectivity index (χ1v) is 9.67. The third-order valence-corrected chi connectivity index (χ3v) is 5.28. The zero-order valence-electron chi connectivity index (χ0n) is 14.3. The van der Waals surface area contributed by atoms with Crippen molar-refractivity contribution in [2.75, 3.05) is 11.3 Å². The van der Waals surface area contributed by atoms with Crippen molar-refractivity contribution in [3.8, 4) is 0 Å². The van der Waals surface area contributed by atoms with Crippen LogP contribution in [-0.2, 0) is 16.6 Å². The van der Waals surface area contributed by atoms with Gasteiger partial charge in [-0.15, -0.1) is 0 Å². The van der Waals surface area contributed by atoms with Gasteiger partial charge >= 0.3 is 0 Å². The first-order chi connectivity index (χ1) is 12.0. The second kappa shape index (κ2) is 7.21. The van der Waals surface area contributed by atoms with Crippen LogP contribution in [0.25, 0.3) is 10.9 Å². The largest absolute Gasteiger partial charge is 0.311 e. The lowest BCUT2D eigenvalue weighted by molar-refractivity contribution is 0.601. The SMILES string of the molecule is CCNCc1cc(NS(=O)(=O)c2ccc(C)cc2)c2ccccc2n1. The van der Waals surface area contributed by atoms with Crippen molar-refractivity contribution in [2.24, 2.45) is 0 Å². The highest BCUT2D eigenvalue weighted by molar-refractivity contribution is 7.92. The standard InChI is InChI=1S/C19H21N3O2S/c1-3-20-13-15-12-19(17-6-4-5-7-18(17)21-15)22-25(23,24)16-10-8-14(2)9-11-16/h4-12,20H,3,13H2,1-2H3,(H,21,22). The van der Waals surface area contributed by atoms with Gasteiger partial charge < -0.3 is 5.32 Å². The summed E-state index contributed by atoms with van der Waals surface area (Å²) in [4.78, 5) is 4.83. The van der Waals surface area contributed by atoms with E-state index < -0.39 is 10.0 Å². The second-order valence-corrected chi connectivity index (χ2v) is 7.56. The maximum atomic E-state index is 12.7. The lowest BCUT2D eigenvalue weighted by Gasteiger charge is -2.13. The minimum Gasteiger partial charge on any atom is -0.311 e. The van der Waals surface area contributed by atoms with Gasteiger partial charge in [-0.25, -0.2) is 8.42 Å². The Hall–Kier alpha value is -2.44. The highest BCUT2D eigenvalue weighted by atomic mass is 32.2. The summed E-state index contributed by atoms with van der Waals surface area (Å²) in [7, 11) is -3.66. The number of hydrogen-bond donors (Lipinski definition) is 2. The molecule has 0 aliphatic carbocycles. The number of nitrogens with zero attached hydrogens (tertiary/aromatic N) is 1. The van der Waals surface area contributed by atoms with Crippen molar-refractivity contribution < 1.29 is 8.42 Å². The first kappa shape index (κ1) is 17.4. The van der Waals surface area contributed by atoms with E-state index in [1.165, 1.54) is 0 Å².